The summed E-state index contributed by atoms with van der Waals surface area (Å²) < 4.78 is 1.72. The number of halogens is 1. The van der Waals surface area contributed by atoms with Crippen molar-refractivity contribution in [3.63, 3.8) is 0 Å². The maximum atomic E-state index is 11.1. The quantitative estimate of drug-likeness (QED) is 0.787. The molecule has 0 atom stereocenters. The molecule has 0 saturated heterocycles. The first kappa shape index (κ1) is 12.1. The smallest absolute Gasteiger partial charge is 0.356 e. The third kappa shape index (κ3) is 1.89. The fourth-order valence-corrected chi connectivity index (χ4v) is 2.50. The van der Waals surface area contributed by atoms with Gasteiger partial charge in [-0.25, -0.2) is 9.78 Å². The Morgan fingerprint density at radius 1 is 1.53 bits per heavy atom. The van der Waals surface area contributed by atoms with Gasteiger partial charge in [0.05, 0.1) is 17.9 Å². The molecule has 5 nitrogen and oxygen atoms in total. The number of carbonyl (C=O) groups is 1. The fraction of sp³-hybridized carbons (Fsp3) is 0.0833. The number of hydrogen-bond donors (Lipinski definition) is 2. The summed E-state index contributed by atoms with van der Waals surface area (Å²) >= 11 is 11.2. The number of aromatic nitrogens is 2. The molecule has 19 heavy (non-hydrogen) atoms. The molecule has 96 valence electrons. The topological polar surface area (TPSA) is 67.1 Å². The first-order valence-corrected chi connectivity index (χ1v) is 6.24. The van der Waals surface area contributed by atoms with Crippen LogP contribution in [-0.2, 0) is 6.54 Å². The SMILES string of the molecule is O=C(O)c1ncn2c1CNC(=S)c1cc(Cl)ccc1-2. The van der Waals surface area contributed by atoms with Gasteiger partial charge in [-0.05, 0) is 18.2 Å². The zero-order chi connectivity index (χ0) is 13.6. The number of nitrogens with one attached hydrogen (secondary N) is 1. The van der Waals surface area contributed by atoms with Crippen molar-refractivity contribution in [2.45, 2.75) is 6.54 Å². The largest absolute Gasteiger partial charge is 0.476 e. The fourth-order valence-electron chi connectivity index (χ4n) is 2.09. The van der Waals surface area contributed by atoms with Gasteiger partial charge in [0, 0.05) is 10.6 Å². The third-order valence-electron chi connectivity index (χ3n) is 2.95. The van der Waals surface area contributed by atoms with Crippen LogP contribution in [0.15, 0.2) is 24.5 Å². The highest BCUT2D eigenvalue weighted by molar-refractivity contribution is 7.80. The molecule has 2 N–H and O–H groups in total. The van der Waals surface area contributed by atoms with E-state index < -0.39 is 5.97 Å². The van der Waals surface area contributed by atoms with Crippen LogP contribution in [0, 0.1) is 0 Å². The number of thiocarbonyl (C=S) groups is 1. The van der Waals surface area contributed by atoms with Gasteiger partial charge >= 0.3 is 5.97 Å². The lowest BCUT2D eigenvalue weighted by molar-refractivity contribution is 0.0689. The Hall–Kier alpha value is -1.92. The van der Waals surface area contributed by atoms with Crippen LogP contribution in [0.3, 0.4) is 0 Å². The molecule has 1 aromatic heterocycles. The van der Waals surface area contributed by atoms with Gasteiger partial charge in [0.2, 0.25) is 0 Å². The molecule has 1 aliphatic heterocycles. The van der Waals surface area contributed by atoms with E-state index in [1.54, 1.807) is 22.8 Å². The second kappa shape index (κ2) is 4.32. The zero-order valence-electron chi connectivity index (χ0n) is 9.55. The Morgan fingerprint density at radius 2 is 2.32 bits per heavy atom. The number of hydrogen-bond acceptors (Lipinski definition) is 3. The maximum absolute atomic E-state index is 11.1. The van der Waals surface area contributed by atoms with E-state index in [2.05, 4.69) is 10.3 Å². The van der Waals surface area contributed by atoms with Crippen LogP contribution >= 0.6 is 23.8 Å². The van der Waals surface area contributed by atoms with Crippen LogP contribution in [0.25, 0.3) is 5.69 Å². The van der Waals surface area contributed by atoms with E-state index in [1.165, 1.54) is 6.33 Å². The third-order valence-corrected chi connectivity index (χ3v) is 3.55. The minimum Gasteiger partial charge on any atom is -0.476 e. The summed E-state index contributed by atoms with van der Waals surface area (Å²) in [6.07, 6.45) is 1.49. The summed E-state index contributed by atoms with van der Waals surface area (Å²) in [5, 5.41) is 12.7. The van der Waals surface area contributed by atoms with Gasteiger partial charge < -0.3 is 10.4 Å². The standard InChI is InChI=1S/C12H8ClN3O2S/c13-6-1-2-8-7(3-6)11(19)14-4-9-10(12(17)18)15-5-16(8)9/h1-3,5H,4H2,(H,14,19)(H,17,18). The Balaban J connectivity index is 2.28. The number of rotatable bonds is 1. The molecule has 1 aliphatic rings. The number of carboxylic acids is 1. The first-order valence-electron chi connectivity index (χ1n) is 5.45. The van der Waals surface area contributed by atoms with Crippen molar-refractivity contribution in [3.8, 4) is 5.69 Å². The van der Waals surface area contributed by atoms with E-state index in [1.807, 2.05) is 0 Å². The molecule has 2 heterocycles. The van der Waals surface area contributed by atoms with Crippen molar-refractivity contribution in [2.75, 3.05) is 0 Å². The minimum absolute atomic E-state index is 0.0260. The summed E-state index contributed by atoms with van der Waals surface area (Å²) in [4.78, 5) is 15.6. The zero-order valence-corrected chi connectivity index (χ0v) is 11.1. The Labute approximate surface area is 118 Å². The van der Waals surface area contributed by atoms with Gasteiger partial charge in [0.15, 0.2) is 5.69 Å². The number of aromatic carboxylic acids is 1. The summed E-state index contributed by atoms with van der Waals surface area (Å²) in [6, 6.07) is 5.29. The maximum Gasteiger partial charge on any atom is 0.356 e. The summed E-state index contributed by atoms with van der Waals surface area (Å²) in [6.45, 7) is 0.312. The molecule has 3 rings (SSSR count). The Kier molecular flexibility index (Phi) is 2.76. The summed E-state index contributed by atoms with van der Waals surface area (Å²) in [7, 11) is 0. The van der Waals surface area contributed by atoms with Crippen LogP contribution in [-0.4, -0.2) is 25.6 Å². The number of fused-ring (bicyclic) bond motifs is 3. The predicted molar refractivity (Wildman–Crippen MR) is 74.1 cm³/mol. The number of benzene rings is 1. The van der Waals surface area contributed by atoms with Crippen LogP contribution in [0.2, 0.25) is 5.02 Å². The van der Waals surface area contributed by atoms with Gasteiger partial charge in [0.25, 0.3) is 0 Å². The molecule has 2 aromatic rings. The minimum atomic E-state index is -1.06. The molecule has 0 radical (unpaired) electrons. The lowest BCUT2D eigenvalue weighted by atomic mass is 10.1. The Bertz CT molecular complexity index is 711. The summed E-state index contributed by atoms with van der Waals surface area (Å²) in [5.74, 6) is -1.06. The average Bonchev–Trinajstić information content (AvgIpc) is 2.74. The second-order valence-corrected chi connectivity index (χ2v) is 4.90. The summed E-state index contributed by atoms with van der Waals surface area (Å²) in [5.41, 5.74) is 2.12. The van der Waals surface area contributed by atoms with Gasteiger partial charge in [-0.1, -0.05) is 23.8 Å². The van der Waals surface area contributed by atoms with E-state index in [9.17, 15) is 4.79 Å². The van der Waals surface area contributed by atoms with Crippen LogP contribution < -0.4 is 5.32 Å². The van der Waals surface area contributed by atoms with E-state index >= 15 is 0 Å². The molecule has 0 amide bonds. The van der Waals surface area contributed by atoms with Crippen molar-refractivity contribution >= 4 is 34.8 Å². The van der Waals surface area contributed by atoms with Gasteiger partial charge in [0.1, 0.15) is 11.3 Å². The van der Waals surface area contributed by atoms with Gasteiger partial charge in [-0.3, -0.25) is 4.57 Å². The molecule has 0 bridgehead atoms. The highest BCUT2D eigenvalue weighted by Gasteiger charge is 2.23. The molecule has 7 heteroatoms. The van der Waals surface area contributed by atoms with Crippen molar-refractivity contribution in [3.05, 3.63) is 46.5 Å². The van der Waals surface area contributed by atoms with Gasteiger partial charge in [-0.2, -0.15) is 0 Å². The number of carboxylic acid groups (broad SMARTS) is 1. The molecule has 0 aliphatic carbocycles. The lowest BCUT2D eigenvalue weighted by Gasteiger charge is -2.08. The Morgan fingerprint density at radius 3 is 3.05 bits per heavy atom. The molecule has 0 unspecified atom stereocenters. The molecule has 1 aromatic carbocycles. The second-order valence-electron chi connectivity index (χ2n) is 4.06. The van der Waals surface area contributed by atoms with Gasteiger partial charge in [-0.15, -0.1) is 0 Å². The molecule has 0 spiro atoms. The molecule has 0 fully saturated rings. The number of imidazole rings is 1. The highest BCUT2D eigenvalue weighted by Crippen LogP contribution is 2.25. The van der Waals surface area contributed by atoms with E-state index in [4.69, 9.17) is 28.9 Å². The van der Waals surface area contributed by atoms with Crippen molar-refractivity contribution in [2.24, 2.45) is 0 Å². The lowest BCUT2D eigenvalue weighted by Crippen LogP contribution is -2.21. The molecular weight excluding hydrogens is 286 g/mol. The van der Waals surface area contributed by atoms with E-state index in [0.29, 0.717) is 22.2 Å². The van der Waals surface area contributed by atoms with Crippen molar-refractivity contribution in [1.82, 2.24) is 14.9 Å². The molecular formula is C12H8ClN3O2S. The monoisotopic (exact) mass is 293 g/mol. The predicted octanol–water partition coefficient (Wildman–Crippen LogP) is 2.00. The van der Waals surface area contributed by atoms with Crippen molar-refractivity contribution in [1.29, 1.82) is 0 Å². The van der Waals surface area contributed by atoms with Crippen LogP contribution in [0.4, 0.5) is 0 Å². The van der Waals surface area contributed by atoms with E-state index in [-0.39, 0.29) is 5.69 Å². The van der Waals surface area contributed by atoms with E-state index in [0.717, 1.165) is 11.3 Å². The van der Waals surface area contributed by atoms with Crippen LogP contribution in [0.5, 0.6) is 0 Å². The molecule has 0 saturated carbocycles. The van der Waals surface area contributed by atoms with Crippen LogP contribution in [0.1, 0.15) is 21.7 Å². The normalized spacial score (nSPS) is 13.2. The first-order chi connectivity index (χ1) is 9.08. The number of nitrogens with zero attached hydrogens (tertiary/aromatic N) is 2. The van der Waals surface area contributed by atoms with Crippen molar-refractivity contribution < 1.29 is 9.90 Å². The average molecular weight is 294 g/mol. The highest BCUT2D eigenvalue weighted by atomic mass is 35.5.